The van der Waals surface area contributed by atoms with Gasteiger partial charge < -0.3 is 14.4 Å². The number of nitrogens with one attached hydrogen (secondary N) is 1. The number of amides is 1. The molecule has 1 aliphatic rings. The lowest BCUT2D eigenvalue weighted by molar-refractivity contribution is -0.0586. The minimum absolute atomic E-state index is 0.0358. The molecule has 1 fully saturated rings. The first-order valence-electron chi connectivity index (χ1n) is 9.69. The minimum atomic E-state index is -4.00. The van der Waals surface area contributed by atoms with E-state index in [2.05, 4.69) is 4.72 Å². The first-order valence-corrected chi connectivity index (χ1v) is 11.6. The molecule has 7 nitrogen and oxygen atoms in total. The van der Waals surface area contributed by atoms with Crippen LogP contribution in [0.15, 0.2) is 47.4 Å². The fraction of sp³-hybridized carbons (Fsp3) is 0.381. The number of anilines is 1. The molecular weight excluding hydrogens is 428 g/mol. The quantitative estimate of drug-likeness (QED) is 0.720. The second-order valence-electron chi connectivity index (χ2n) is 7.18. The average molecular weight is 453 g/mol. The van der Waals surface area contributed by atoms with Gasteiger partial charge in [-0.1, -0.05) is 11.6 Å². The largest absolute Gasteiger partial charge is 0.494 e. The van der Waals surface area contributed by atoms with Gasteiger partial charge in [0, 0.05) is 24.3 Å². The van der Waals surface area contributed by atoms with E-state index in [9.17, 15) is 13.2 Å². The van der Waals surface area contributed by atoms with E-state index in [0.29, 0.717) is 31.1 Å². The van der Waals surface area contributed by atoms with Crippen LogP contribution in [0.5, 0.6) is 5.75 Å². The van der Waals surface area contributed by atoms with E-state index in [1.165, 1.54) is 18.2 Å². The number of hydrogen-bond donors (Lipinski definition) is 1. The zero-order valence-corrected chi connectivity index (χ0v) is 18.7. The number of sulfonamides is 1. The highest BCUT2D eigenvalue weighted by Gasteiger charge is 2.28. The lowest BCUT2D eigenvalue weighted by Crippen LogP contribution is -2.48. The number of carbonyl (C=O) groups excluding carboxylic acids is 1. The first kappa shape index (κ1) is 22.4. The summed E-state index contributed by atoms with van der Waals surface area (Å²) in [5.41, 5.74) is 0.620. The Bertz CT molecular complexity index is 1000. The zero-order valence-electron chi connectivity index (χ0n) is 17.1. The molecule has 1 aliphatic heterocycles. The number of hydrogen-bond acceptors (Lipinski definition) is 5. The van der Waals surface area contributed by atoms with Gasteiger partial charge in [-0.25, -0.2) is 8.42 Å². The molecule has 0 spiro atoms. The van der Waals surface area contributed by atoms with E-state index in [1.807, 2.05) is 20.8 Å². The lowest BCUT2D eigenvalue weighted by atomic mass is 10.1. The van der Waals surface area contributed by atoms with Gasteiger partial charge in [0.25, 0.3) is 15.9 Å². The normalized spacial score (nSPS) is 19.4. The molecule has 0 aromatic heterocycles. The smallest absolute Gasteiger partial charge is 0.263 e. The average Bonchev–Trinajstić information content (AvgIpc) is 2.68. The van der Waals surface area contributed by atoms with E-state index in [4.69, 9.17) is 21.1 Å². The van der Waals surface area contributed by atoms with Crippen molar-refractivity contribution >= 4 is 33.2 Å². The number of halogens is 1. The van der Waals surface area contributed by atoms with Gasteiger partial charge in [-0.2, -0.15) is 0 Å². The summed E-state index contributed by atoms with van der Waals surface area (Å²) in [4.78, 5) is 14.4. The standard InChI is InChI=1S/C21H25ClN2O5S/c1-4-28-18-8-6-17(7-9-18)23-30(26,27)20-11-16(5-10-19(20)22)21(25)24-12-14(2)29-15(3)13-24/h5-11,14-15,23H,4,12-13H2,1-3H3/t14-,15+. The van der Waals surface area contributed by atoms with Crippen molar-refractivity contribution < 1.29 is 22.7 Å². The molecule has 162 valence electrons. The van der Waals surface area contributed by atoms with Crippen molar-refractivity contribution in [2.45, 2.75) is 37.9 Å². The highest BCUT2D eigenvalue weighted by molar-refractivity contribution is 7.92. The van der Waals surface area contributed by atoms with Crippen LogP contribution in [-0.2, 0) is 14.8 Å². The monoisotopic (exact) mass is 452 g/mol. The van der Waals surface area contributed by atoms with Crippen molar-refractivity contribution in [3.63, 3.8) is 0 Å². The molecule has 1 N–H and O–H groups in total. The second-order valence-corrected chi connectivity index (χ2v) is 9.23. The first-order chi connectivity index (χ1) is 14.2. The van der Waals surface area contributed by atoms with Crippen molar-refractivity contribution in [3.05, 3.63) is 53.1 Å². The van der Waals surface area contributed by atoms with Crippen molar-refractivity contribution in [2.24, 2.45) is 0 Å². The third-order valence-electron chi connectivity index (χ3n) is 4.59. The van der Waals surface area contributed by atoms with Crippen LogP contribution in [-0.4, -0.2) is 51.1 Å². The van der Waals surface area contributed by atoms with E-state index in [0.717, 1.165) is 0 Å². The van der Waals surface area contributed by atoms with E-state index in [1.54, 1.807) is 29.2 Å². The maximum absolute atomic E-state index is 12.9. The molecule has 1 heterocycles. The second kappa shape index (κ2) is 9.24. The summed E-state index contributed by atoms with van der Waals surface area (Å²) in [6.45, 7) is 7.06. The van der Waals surface area contributed by atoms with Gasteiger partial charge in [-0.05, 0) is 63.2 Å². The van der Waals surface area contributed by atoms with Crippen LogP contribution in [0.2, 0.25) is 5.02 Å². The van der Waals surface area contributed by atoms with Gasteiger partial charge in [0.1, 0.15) is 10.6 Å². The van der Waals surface area contributed by atoms with Gasteiger partial charge in [0.15, 0.2) is 0 Å². The number of morpholine rings is 1. The summed E-state index contributed by atoms with van der Waals surface area (Å²) in [7, 11) is -4.00. The van der Waals surface area contributed by atoms with Gasteiger partial charge in [0.05, 0.1) is 23.8 Å². The zero-order chi connectivity index (χ0) is 21.9. The Balaban J connectivity index is 1.83. The summed E-state index contributed by atoms with van der Waals surface area (Å²) in [5.74, 6) is 0.381. The molecule has 2 aromatic carbocycles. The predicted octanol–water partition coefficient (Wildman–Crippen LogP) is 3.79. The summed E-state index contributed by atoms with van der Waals surface area (Å²) in [6.07, 6.45) is -0.177. The molecule has 30 heavy (non-hydrogen) atoms. The van der Waals surface area contributed by atoms with Crippen LogP contribution in [0.1, 0.15) is 31.1 Å². The molecule has 0 saturated carbocycles. The maximum Gasteiger partial charge on any atom is 0.263 e. The third-order valence-corrected chi connectivity index (χ3v) is 6.45. The SMILES string of the molecule is CCOc1ccc(NS(=O)(=O)c2cc(C(=O)N3C[C@@H](C)O[C@@H](C)C3)ccc2Cl)cc1. The fourth-order valence-electron chi connectivity index (χ4n) is 3.36. The molecule has 9 heteroatoms. The van der Waals surface area contributed by atoms with Crippen LogP contribution in [0.4, 0.5) is 5.69 Å². The number of nitrogens with zero attached hydrogens (tertiary/aromatic N) is 1. The highest BCUT2D eigenvalue weighted by Crippen LogP contribution is 2.27. The minimum Gasteiger partial charge on any atom is -0.494 e. The lowest BCUT2D eigenvalue weighted by Gasteiger charge is -2.35. The third kappa shape index (κ3) is 5.24. The number of benzene rings is 2. The predicted molar refractivity (Wildman–Crippen MR) is 116 cm³/mol. The van der Waals surface area contributed by atoms with E-state index < -0.39 is 10.0 Å². The topological polar surface area (TPSA) is 84.9 Å². The molecule has 0 radical (unpaired) electrons. The molecule has 1 amide bonds. The molecule has 0 aliphatic carbocycles. The maximum atomic E-state index is 12.9. The van der Waals surface area contributed by atoms with Gasteiger partial charge in [-0.15, -0.1) is 0 Å². The molecule has 2 atom stereocenters. The molecule has 2 aromatic rings. The Morgan fingerprint density at radius 1 is 1.17 bits per heavy atom. The molecule has 0 unspecified atom stereocenters. The fourth-order valence-corrected chi connectivity index (χ4v) is 4.95. The number of rotatable bonds is 6. The number of ether oxygens (including phenoxy) is 2. The van der Waals surface area contributed by atoms with Crippen LogP contribution in [0.25, 0.3) is 0 Å². The highest BCUT2D eigenvalue weighted by atomic mass is 35.5. The molecular formula is C21H25ClN2O5S. The van der Waals surface area contributed by atoms with Crippen molar-refractivity contribution in [1.29, 1.82) is 0 Å². The van der Waals surface area contributed by atoms with Crippen LogP contribution in [0, 0.1) is 0 Å². The summed E-state index contributed by atoms with van der Waals surface area (Å²) in [6, 6.07) is 10.8. The van der Waals surface area contributed by atoms with E-state index in [-0.39, 0.29) is 33.6 Å². The number of carbonyl (C=O) groups is 1. The van der Waals surface area contributed by atoms with Crippen LogP contribution < -0.4 is 9.46 Å². The van der Waals surface area contributed by atoms with Crippen LogP contribution >= 0.6 is 11.6 Å². The van der Waals surface area contributed by atoms with Crippen LogP contribution in [0.3, 0.4) is 0 Å². The van der Waals surface area contributed by atoms with E-state index >= 15 is 0 Å². The van der Waals surface area contributed by atoms with Gasteiger partial charge >= 0.3 is 0 Å². The van der Waals surface area contributed by atoms with Crippen molar-refractivity contribution in [2.75, 3.05) is 24.4 Å². The summed E-state index contributed by atoms with van der Waals surface area (Å²) >= 11 is 6.17. The Morgan fingerprint density at radius 2 is 1.80 bits per heavy atom. The van der Waals surface area contributed by atoms with Gasteiger partial charge in [0.2, 0.25) is 0 Å². The van der Waals surface area contributed by atoms with Gasteiger partial charge in [-0.3, -0.25) is 9.52 Å². The molecule has 3 rings (SSSR count). The van der Waals surface area contributed by atoms with Crippen molar-refractivity contribution in [3.8, 4) is 5.75 Å². The Morgan fingerprint density at radius 3 is 2.40 bits per heavy atom. The van der Waals surface area contributed by atoms with Crippen molar-refractivity contribution in [1.82, 2.24) is 4.90 Å². The summed E-state index contributed by atoms with van der Waals surface area (Å²) in [5, 5.41) is 0.0358. The molecule has 1 saturated heterocycles. The Hall–Kier alpha value is -2.29. The Kier molecular flexibility index (Phi) is 6.90. The Labute approximate surface area is 182 Å². The molecule has 0 bridgehead atoms. The summed E-state index contributed by atoms with van der Waals surface area (Å²) < 4.78 is 39.3.